The molecule has 0 bridgehead atoms. The smallest absolute Gasteiger partial charge is 0.264 e. The number of amides is 1. The maximum absolute atomic E-state index is 15.1. The minimum atomic E-state index is -4.43. The summed E-state index contributed by atoms with van der Waals surface area (Å²) in [6, 6.07) is 16.2. The van der Waals surface area contributed by atoms with Crippen molar-refractivity contribution in [2.75, 3.05) is 24.5 Å². The van der Waals surface area contributed by atoms with Crippen LogP contribution in [-0.4, -0.2) is 39.4 Å². The predicted molar refractivity (Wildman–Crippen MR) is 156 cm³/mol. The summed E-state index contributed by atoms with van der Waals surface area (Å²) in [6.45, 7) is 1.83. The summed E-state index contributed by atoms with van der Waals surface area (Å²) >= 11 is 5.94. The normalized spacial score (nSPS) is 12.1. The largest absolute Gasteiger partial charge is 0.493 e. The second-order valence-corrected chi connectivity index (χ2v) is 11.9. The van der Waals surface area contributed by atoms with E-state index in [0.29, 0.717) is 17.0 Å². The maximum Gasteiger partial charge on any atom is 0.264 e. The highest BCUT2D eigenvalue weighted by molar-refractivity contribution is 7.92. The molecule has 0 aliphatic rings. The highest BCUT2D eigenvalue weighted by Crippen LogP contribution is 2.38. The third kappa shape index (κ3) is 7.29. The third-order valence-corrected chi connectivity index (χ3v) is 8.80. The van der Waals surface area contributed by atoms with Gasteiger partial charge in [-0.15, -0.1) is 0 Å². The fourth-order valence-corrected chi connectivity index (χ4v) is 6.20. The summed E-state index contributed by atoms with van der Waals surface area (Å²) in [5.74, 6) is -4.17. The molecule has 0 saturated carbocycles. The number of anilines is 1. The van der Waals surface area contributed by atoms with Gasteiger partial charge in [0, 0.05) is 35.8 Å². The van der Waals surface area contributed by atoms with Crippen LogP contribution >= 0.6 is 11.6 Å². The lowest BCUT2D eigenvalue weighted by Crippen LogP contribution is -2.34. The molecule has 4 rings (SSSR count). The van der Waals surface area contributed by atoms with Crippen molar-refractivity contribution < 1.29 is 35.5 Å². The quantitative estimate of drug-likeness (QED) is 0.127. The van der Waals surface area contributed by atoms with Gasteiger partial charge in [-0.1, -0.05) is 29.8 Å². The highest BCUT2D eigenvalue weighted by atomic mass is 35.5. The number of carbonyl (C=O) groups is 1. The molecule has 43 heavy (non-hydrogen) atoms. The van der Waals surface area contributed by atoms with Crippen molar-refractivity contribution in [1.82, 2.24) is 4.90 Å². The molecule has 0 aliphatic carbocycles. The van der Waals surface area contributed by atoms with Crippen molar-refractivity contribution in [3.63, 3.8) is 0 Å². The highest BCUT2D eigenvalue weighted by Gasteiger charge is 2.34. The van der Waals surface area contributed by atoms with Crippen molar-refractivity contribution in [1.29, 1.82) is 0 Å². The molecule has 12 heteroatoms. The van der Waals surface area contributed by atoms with Crippen LogP contribution in [0.1, 0.15) is 35.3 Å². The first-order chi connectivity index (χ1) is 20.4. The van der Waals surface area contributed by atoms with Crippen LogP contribution in [0.3, 0.4) is 0 Å². The van der Waals surface area contributed by atoms with Gasteiger partial charge in [0.2, 0.25) is 0 Å². The van der Waals surface area contributed by atoms with Crippen LogP contribution in [0.4, 0.5) is 23.2 Å². The first kappa shape index (κ1) is 31.8. The molecule has 0 radical (unpaired) electrons. The molecule has 0 aliphatic heterocycles. The number of hydrogen-bond acceptors (Lipinski definition) is 4. The Kier molecular flexibility index (Phi) is 9.98. The summed E-state index contributed by atoms with van der Waals surface area (Å²) in [5, 5.41) is 0.298. The minimum Gasteiger partial charge on any atom is -0.493 e. The summed E-state index contributed by atoms with van der Waals surface area (Å²) in [4.78, 5) is 13.7. The number of halogens is 5. The first-order valence-corrected chi connectivity index (χ1v) is 14.9. The van der Waals surface area contributed by atoms with E-state index in [4.69, 9.17) is 16.3 Å². The van der Waals surface area contributed by atoms with Gasteiger partial charge in [0.05, 0.1) is 23.2 Å². The van der Waals surface area contributed by atoms with Crippen LogP contribution < -0.4 is 9.04 Å². The monoisotopic (exact) mass is 634 g/mol. The number of nitrogens with zero attached hydrogens (tertiary/aromatic N) is 2. The SMILES string of the molecule is CC(c1ccccc1OCCCN(C)C(=O)c1ccc(F)c(F)c1)N(c1cc(F)ccc1F)S(=O)(=O)c1ccc(Cl)cc1. The van der Waals surface area contributed by atoms with E-state index in [-0.39, 0.29) is 29.4 Å². The van der Waals surface area contributed by atoms with Crippen LogP contribution in [0.2, 0.25) is 5.02 Å². The van der Waals surface area contributed by atoms with Crippen molar-refractivity contribution in [2.24, 2.45) is 0 Å². The van der Waals surface area contributed by atoms with Gasteiger partial charge in [0.25, 0.3) is 15.9 Å². The van der Waals surface area contributed by atoms with Gasteiger partial charge in [0.1, 0.15) is 17.4 Å². The number of carbonyl (C=O) groups excluding carboxylic acids is 1. The van der Waals surface area contributed by atoms with Gasteiger partial charge in [-0.05, 0) is 74.0 Å². The van der Waals surface area contributed by atoms with Gasteiger partial charge in [-0.25, -0.2) is 26.0 Å². The second-order valence-electron chi connectivity index (χ2n) is 9.62. The van der Waals surface area contributed by atoms with Gasteiger partial charge >= 0.3 is 0 Å². The summed E-state index contributed by atoms with van der Waals surface area (Å²) < 4.78 is 90.6. The lowest BCUT2D eigenvalue weighted by Gasteiger charge is -2.32. The number of rotatable bonds is 11. The van der Waals surface area contributed by atoms with E-state index in [1.54, 1.807) is 24.3 Å². The maximum atomic E-state index is 15.1. The molecule has 1 amide bonds. The molecule has 1 unspecified atom stereocenters. The Morgan fingerprint density at radius 2 is 1.56 bits per heavy atom. The van der Waals surface area contributed by atoms with E-state index < -0.39 is 50.9 Å². The topological polar surface area (TPSA) is 66.9 Å². The molecule has 6 nitrogen and oxygen atoms in total. The summed E-state index contributed by atoms with van der Waals surface area (Å²) in [7, 11) is -2.93. The number of para-hydroxylation sites is 1. The van der Waals surface area contributed by atoms with Crippen LogP contribution in [0.15, 0.2) is 89.8 Å². The Bertz CT molecular complexity index is 1720. The van der Waals surface area contributed by atoms with E-state index in [1.165, 1.54) is 49.2 Å². The molecule has 0 spiro atoms. The minimum absolute atomic E-state index is 0.00643. The zero-order chi connectivity index (χ0) is 31.3. The number of hydrogen-bond donors (Lipinski definition) is 0. The zero-order valence-electron chi connectivity index (χ0n) is 23.1. The Labute approximate surface area is 252 Å². The fraction of sp³-hybridized carbons (Fsp3) is 0.194. The van der Waals surface area contributed by atoms with E-state index in [2.05, 4.69) is 0 Å². The van der Waals surface area contributed by atoms with Crippen LogP contribution in [0.5, 0.6) is 5.75 Å². The van der Waals surface area contributed by atoms with Gasteiger partial charge in [-0.3, -0.25) is 9.10 Å². The first-order valence-electron chi connectivity index (χ1n) is 13.1. The Balaban J connectivity index is 1.56. The lowest BCUT2D eigenvalue weighted by molar-refractivity contribution is 0.0787. The molecule has 0 aromatic heterocycles. The van der Waals surface area contributed by atoms with Crippen molar-refractivity contribution >= 4 is 33.2 Å². The molecule has 1 atom stereocenters. The van der Waals surface area contributed by atoms with Gasteiger partial charge < -0.3 is 9.64 Å². The molecule has 4 aromatic rings. The van der Waals surface area contributed by atoms with Gasteiger partial charge in [-0.2, -0.15) is 0 Å². The zero-order valence-corrected chi connectivity index (χ0v) is 24.7. The average Bonchev–Trinajstić information content (AvgIpc) is 2.98. The summed E-state index contributed by atoms with van der Waals surface area (Å²) in [6.07, 6.45) is 0.333. The molecular weight excluding hydrogens is 608 g/mol. The van der Waals surface area contributed by atoms with E-state index in [1.807, 2.05) is 0 Å². The van der Waals surface area contributed by atoms with Crippen molar-refractivity contribution in [3.8, 4) is 5.75 Å². The third-order valence-electron chi connectivity index (χ3n) is 6.65. The van der Waals surface area contributed by atoms with Crippen LogP contribution in [0.25, 0.3) is 0 Å². The molecule has 0 heterocycles. The Morgan fingerprint density at radius 1 is 0.884 bits per heavy atom. The summed E-state index contributed by atoms with van der Waals surface area (Å²) in [5.41, 5.74) is -0.127. The molecule has 0 fully saturated rings. The number of sulfonamides is 1. The fourth-order valence-electron chi connectivity index (χ4n) is 4.44. The molecule has 226 valence electrons. The Morgan fingerprint density at radius 3 is 2.26 bits per heavy atom. The molecular formula is C31H27ClF4N2O4S. The molecule has 0 saturated heterocycles. The Hall–Kier alpha value is -4.09. The molecule has 4 aromatic carbocycles. The van der Waals surface area contributed by atoms with E-state index in [9.17, 15) is 26.4 Å². The number of benzene rings is 4. The van der Waals surface area contributed by atoms with Crippen LogP contribution in [0, 0.1) is 23.3 Å². The lowest BCUT2D eigenvalue weighted by atomic mass is 10.1. The van der Waals surface area contributed by atoms with Crippen LogP contribution in [-0.2, 0) is 10.0 Å². The number of ether oxygens (including phenoxy) is 1. The van der Waals surface area contributed by atoms with Gasteiger partial charge in [0.15, 0.2) is 11.6 Å². The standard InChI is InChI=1S/C31H27ClF4N2O4S/c1-20(38(29-19-23(33)11-15-27(29)35)43(40,41)24-12-9-22(32)10-13-24)25-6-3-4-7-30(25)42-17-5-16-37(2)31(39)21-8-14-26(34)28(36)18-21/h3-4,6-15,18-20H,5,16-17H2,1-2H3. The van der Waals surface area contributed by atoms with E-state index in [0.717, 1.165) is 34.6 Å². The second kappa shape index (κ2) is 13.5. The average molecular weight is 635 g/mol. The van der Waals surface area contributed by atoms with Crippen molar-refractivity contribution in [3.05, 3.63) is 124 Å². The molecule has 0 N–H and O–H groups in total. The van der Waals surface area contributed by atoms with E-state index >= 15 is 4.39 Å². The van der Waals surface area contributed by atoms with Crippen molar-refractivity contribution in [2.45, 2.75) is 24.3 Å². The predicted octanol–water partition coefficient (Wildman–Crippen LogP) is 7.39.